The number of hydrogen-bond acceptors (Lipinski definition) is 22. The predicted octanol–water partition coefficient (Wildman–Crippen LogP) is 12.2. The Morgan fingerprint density at radius 2 is 0.873 bits per heavy atom. The molecule has 4 aromatic carbocycles. The molecule has 24 heteroatoms. The molecule has 418 valence electrons. The number of ether oxygens (including phenoxy) is 1. The topological polar surface area (TPSA) is 252 Å². The molecule has 8 aromatic rings. The molecule has 1 unspecified atom stereocenters. The second-order valence-corrected chi connectivity index (χ2v) is 21.7. The van der Waals surface area contributed by atoms with Gasteiger partial charge in [0.05, 0.1) is 0 Å². The number of nitrogens with zero attached hydrogens (tertiary/aromatic N) is 12. The third-order valence-corrected chi connectivity index (χ3v) is 14.3. The monoisotopic (exact) mass is 1180 g/mol. The number of nitrogens with one attached hydrogen (secondary N) is 3. The summed E-state index contributed by atoms with van der Waals surface area (Å²) >= 11 is 18.1. The first-order chi connectivity index (χ1) is 38.1. The van der Waals surface area contributed by atoms with Gasteiger partial charge in [-0.1, -0.05) is 100 Å². The molecule has 79 heavy (non-hydrogen) atoms. The lowest BCUT2D eigenvalue weighted by molar-refractivity contribution is 0.198. The van der Waals surface area contributed by atoms with E-state index in [4.69, 9.17) is 39.4 Å². The van der Waals surface area contributed by atoms with Gasteiger partial charge in [0, 0.05) is 78.4 Å². The highest BCUT2D eigenvalue weighted by atomic mass is 35.5. The number of nitrogens with two attached hydrogens (primary N) is 2. The van der Waals surface area contributed by atoms with E-state index in [1.807, 2.05) is 104 Å². The fourth-order valence-corrected chi connectivity index (χ4v) is 10.00. The van der Waals surface area contributed by atoms with Crippen molar-refractivity contribution in [1.29, 1.82) is 0 Å². The highest BCUT2D eigenvalue weighted by Crippen LogP contribution is 2.29. The van der Waals surface area contributed by atoms with Gasteiger partial charge in [0.2, 0.25) is 28.4 Å². The quantitative estimate of drug-likeness (QED) is 0.0373. The summed E-state index contributed by atoms with van der Waals surface area (Å²) in [5.41, 5.74) is 9.81. The molecule has 1 atom stereocenters. The minimum atomic E-state index is 0. The first kappa shape index (κ1) is 64.0. The van der Waals surface area contributed by atoms with Crippen molar-refractivity contribution in [2.24, 2.45) is 17.4 Å². The van der Waals surface area contributed by atoms with Crippen molar-refractivity contribution in [3.8, 4) is 0 Å². The maximum atomic E-state index is 6.09. The molecule has 0 spiro atoms. The van der Waals surface area contributed by atoms with E-state index >= 15 is 0 Å². The van der Waals surface area contributed by atoms with Gasteiger partial charge in [0.1, 0.15) is 17.5 Å². The summed E-state index contributed by atoms with van der Waals surface area (Å²) < 4.78 is 4.94. The molecular weight excluding hydrogens is 1110 g/mol. The number of halogens is 2. The molecule has 0 saturated carbocycles. The van der Waals surface area contributed by atoms with E-state index < -0.39 is 0 Å². The summed E-state index contributed by atoms with van der Waals surface area (Å²) in [7, 11) is 0. The summed E-state index contributed by atoms with van der Waals surface area (Å²) in [6.07, 6.45) is 6.59. The van der Waals surface area contributed by atoms with Crippen LogP contribution in [0.3, 0.4) is 0 Å². The largest absolute Gasteiger partial charge is 0.381 e. The zero-order chi connectivity index (χ0) is 55.0. The van der Waals surface area contributed by atoms with Gasteiger partial charge >= 0.3 is 0 Å². The summed E-state index contributed by atoms with van der Waals surface area (Å²) in [6.45, 7) is 11.6. The van der Waals surface area contributed by atoms with Crippen LogP contribution in [0.5, 0.6) is 0 Å². The normalized spacial score (nSPS) is 11.8. The fourth-order valence-electron chi connectivity index (χ4n) is 6.40. The van der Waals surface area contributed by atoms with Crippen LogP contribution in [0.25, 0.3) is 0 Å². The van der Waals surface area contributed by atoms with Gasteiger partial charge < -0.3 is 32.2 Å². The minimum Gasteiger partial charge on any atom is -0.381 e. The van der Waals surface area contributed by atoms with Crippen molar-refractivity contribution >= 4 is 88.1 Å². The summed E-state index contributed by atoms with van der Waals surface area (Å²) in [5.74, 6) is 4.27. The Labute approximate surface area is 491 Å². The number of benzene rings is 4. The zero-order valence-electron chi connectivity index (χ0n) is 43.8. The standard InChI is InChI=1S/C27H32N8S2.C21H17Cl2N7S2.C4H8O.C2H8N2.CH4/c1-4-19(2)18-29-25-33-24(34-27(35-25)37-22-14-9-6-10-15-22)28-17-11-16-23-30-20(3)31-26(32-23)36-21-12-7-5-8-13-21;22-17-25-16(26-20(28-17)31-14-8-3-1-4-9-14)12-7-13-24-19-27-18(23)29-21(30-19)32-15-10-5-2-6-11-15;1-2-4-5-3-1;3-1-2-4;/h5-10,12-15,19H,4,11,16-18H2,1-3H3,(H2,28,29,33,34,35);1-6,8-11H,7,12-13H2,(H,24,27,29,30);1-4H2;1-4H2;1H4. The van der Waals surface area contributed by atoms with Gasteiger partial charge in [0.15, 0.2) is 20.6 Å². The zero-order valence-corrected chi connectivity index (χ0v) is 48.6. The second-order valence-electron chi connectivity index (χ2n) is 16.9. The van der Waals surface area contributed by atoms with E-state index in [1.165, 1.54) is 48.1 Å². The van der Waals surface area contributed by atoms with Crippen LogP contribution in [0.1, 0.15) is 70.9 Å². The summed E-state index contributed by atoms with van der Waals surface area (Å²) in [5, 5.41) is 12.7. The van der Waals surface area contributed by atoms with Crippen molar-refractivity contribution in [3.63, 3.8) is 0 Å². The molecule has 1 aliphatic heterocycles. The number of aryl methyl sites for hydroxylation is 3. The van der Waals surface area contributed by atoms with Crippen LogP contribution < -0.4 is 27.4 Å². The second kappa shape index (κ2) is 37.2. The van der Waals surface area contributed by atoms with Crippen LogP contribution in [0, 0.1) is 12.8 Å². The van der Waals surface area contributed by atoms with Crippen LogP contribution in [-0.4, -0.2) is 106 Å². The molecule has 1 aliphatic rings. The van der Waals surface area contributed by atoms with Crippen LogP contribution >= 0.6 is 70.2 Å². The van der Waals surface area contributed by atoms with Crippen LogP contribution in [0.15, 0.2) is 162 Å². The lowest BCUT2D eigenvalue weighted by atomic mass is 10.1. The average molecular weight is 1180 g/mol. The van der Waals surface area contributed by atoms with Crippen molar-refractivity contribution in [1.82, 2.24) is 59.8 Å². The highest BCUT2D eigenvalue weighted by molar-refractivity contribution is 7.99. The maximum absolute atomic E-state index is 6.09. The number of rotatable bonds is 23. The van der Waals surface area contributed by atoms with E-state index in [0.717, 1.165) is 81.8 Å². The Bertz CT molecular complexity index is 2850. The molecule has 18 nitrogen and oxygen atoms in total. The Hall–Kier alpha value is -5.82. The van der Waals surface area contributed by atoms with Gasteiger partial charge in [-0.25, -0.2) is 24.9 Å². The molecule has 4 aromatic heterocycles. The molecule has 0 aliphatic carbocycles. The molecule has 0 amide bonds. The van der Waals surface area contributed by atoms with Gasteiger partial charge in [-0.2, -0.15) is 34.9 Å². The Kier molecular flexibility index (Phi) is 30.1. The number of anilines is 3. The molecule has 1 fully saturated rings. The molecule has 5 heterocycles. The first-order valence-electron chi connectivity index (χ1n) is 25.5. The van der Waals surface area contributed by atoms with Crippen molar-refractivity contribution in [2.45, 2.75) is 113 Å². The van der Waals surface area contributed by atoms with Crippen LogP contribution in [-0.2, 0) is 17.6 Å². The Morgan fingerprint density at radius 1 is 0.494 bits per heavy atom. The van der Waals surface area contributed by atoms with E-state index in [-0.39, 0.29) is 18.0 Å². The number of aromatic nitrogens is 12. The molecule has 9 rings (SSSR count). The summed E-state index contributed by atoms with van der Waals surface area (Å²) in [6, 6.07) is 40.0. The SMILES string of the molecule is C.C1CCOC1.CCC(C)CNc1nc(NCCCc2nc(C)nc(Sc3ccccc3)n2)nc(Sc2ccccc2)n1.Clc1nc(CCCNc2nc(Cl)nc(Sc3ccccc3)n2)nc(Sc2ccccc2)n1.NCCN. The minimum absolute atomic E-state index is 0. The smallest absolute Gasteiger partial charge is 0.228 e. The lowest BCUT2D eigenvalue weighted by Crippen LogP contribution is -2.15. The van der Waals surface area contributed by atoms with Gasteiger partial charge in [-0.3, -0.25) is 0 Å². The van der Waals surface area contributed by atoms with Gasteiger partial charge in [0.25, 0.3) is 0 Å². The third-order valence-electron chi connectivity index (χ3n) is 10.4. The Balaban J connectivity index is 0.000000250. The Morgan fingerprint density at radius 3 is 1.29 bits per heavy atom. The highest BCUT2D eigenvalue weighted by Gasteiger charge is 2.13. The number of hydrogen-bond donors (Lipinski definition) is 5. The van der Waals surface area contributed by atoms with Crippen LogP contribution in [0.4, 0.5) is 17.8 Å². The first-order valence-corrected chi connectivity index (χ1v) is 29.6. The van der Waals surface area contributed by atoms with Gasteiger partial charge in [-0.05, 0) is 157 Å². The van der Waals surface area contributed by atoms with Crippen molar-refractivity contribution in [2.75, 3.05) is 61.9 Å². The van der Waals surface area contributed by atoms with Crippen molar-refractivity contribution < 1.29 is 4.74 Å². The third kappa shape index (κ3) is 25.9. The van der Waals surface area contributed by atoms with Crippen LogP contribution in [0.2, 0.25) is 10.6 Å². The van der Waals surface area contributed by atoms with E-state index in [2.05, 4.69) is 114 Å². The fraction of sp³-hybridized carbons (Fsp3) is 0.345. The molecule has 0 radical (unpaired) electrons. The molecular formula is C55H69Cl2N17OS4. The lowest BCUT2D eigenvalue weighted by Gasteiger charge is -2.12. The van der Waals surface area contributed by atoms with E-state index in [0.29, 0.717) is 77.7 Å². The molecule has 7 N–H and O–H groups in total. The van der Waals surface area contributed by atoms with E-state index in [1.54, 1.807) is 11.8 Å². The summed E-state index contributed by atoms with van der Waals surface area (Å²) in [4.78, 5) is 57.5. The molecule has 0 bridgehead atoms. The molecule has 1 saturated heterocycles. The van der Waals surface area contributed by atoms with Gasteiger partial charge in [-0.15, -0.1) is 0 Å². The maximum Gasteiger partial charge on any atom is 0.228 e. The average Bonchev–Trinajstić information content (AvgIpc) is 4.05. The predicted molar refractivity (Wildman–Crippen MR) is 323 cm³/mol. The van der Waals surface area contributed by atoms with E-state index in [9.17, 15) is 0 Å². The van der Waals surface area contributed by atoms with Crippen molar-refractivity contribution in [3.05, 3.63) is 149 Å².